The molecule has 3 rings (SSSR count). The summed E-state index contributed by atoms with van der Waals surface area (Å²) in [6.45, 7) is 3.78. The van der Waals surface area contributed by atoms with E-state index in [2.05, 4.69) is 25.9 Å². The quantitative estimate of drug-likeness (QED) is 0.589. The third kappa shape index (κ3) is 5.62. The smallest absolute Gasteiger partial charge is 0.319 e. The van der Waals surface area contributed by atoms with Crippen molar-refractivity contribution in [1.29, 1.82) is 0 Å². The fourth-order valence-corrected chi connectivity index (χ4v) is 3.23. The number of carbonyl (C=O) groups excluding carboxylic acids is 2. The number of benzene rings is 1. The van der Waals surface area contributed by atoms with Crippen LogP contribution in [0.25, 0.3) is 10.7 Å². The van der Waals surface area contributed by atoms with Crippen LogP contribution in [0.4, 0.5) is 16.2 Å². The number of anilines is 2. The zero-order chi connectivity index (χ0) is 19.9. The fourth-order valence-electron chi connectivity index (χ4n) is 2.43. The summed E-state index contributed by atoms with van der Waals surface area (Å²) in [5.74, 6) is -0.156. The number of urea groups is 1. The summed E-state index contributed by atoms with van der Waals surface area (Å²) >= 11 is 1.46. The van der Waals surface area contributed by atoms with Crippen LogP contribution in [0, 0.1) is 0 Å². The molecule has 0 radical (unpaired) electrons. The van der Waals surface area contributed by atoms with Crippen LogP contribution in [-0.4, -0.2) is 27.9 Å². The number of aromatic nitrogens is 2. The Morgan fingerprint density at radius 3 is 2.39 bits per heavy atom. The van der Waals surface area contributed by atoms with Gasteiger partial charge >= 0.3 is 6.03 Å². The maximum Gasteiger partial charge on any atom is 0.319 e. The van der Waals surface area contributed by atoms with Crippen molar-refractivity contribution in [3.8, 4) is 10.7 Å². The van der Waals surface area contributed by atoms with E-state index in [1.54, 1.807) is 30.5 Å². The van der Waals surface area contributed by atoms with Crippen LogP contribution in [0.5, 0.6) is 0 Å². The third-order valence-corrected chi connectivity index (χ3v) is 4.54. The van der Waals surface area contributed by atoms with E-state index in [1.165, 1.54) is 11.3 Å². The summed E-state index contributed by atoms with van der Waals surface area (Å²) in [5, 5.41) is 11.0. The number of amides is 3. The minimum Gasteiger partial charge on any atom is -0.336 e. The van der Waals surface area contributed by atoms with Crippen LogP contribution in [0.3, 0.4) is 0 Å². The zero-order valence-electron chi connectivity index (χ0n) is 15.6. The van der Waals surface area contributed by atoms with Gasteiger partial charge in [0.25, 0.3) is 0 Å². The van der Waals surface area contributed by atoms with Crippen LogP contribution < -0.4 is 16.0 Å². The van der Waals surface area contributed by atoms with E-state index in [0.29, 0.717) is 17.1 Å². The van der Waals surface area contributed by atoms with Gasteiger partial charge in [0, 0.05) is 29.0 Å². The van der Waals surface area contributed by atoms with Gasteiger partial charge in [0.15, 0.2) is 0 Å². The number of nitrogens with zero attached hydrogens (tertiary/aromatic N) is 2. The van der Waals surface area contributed by atoms with Crippen molar-refractivity contribution in [3.63, 3.8) is 0 Å². The standard InChI is InChI=1S/C20H21N5O2S/c1-13(2)22-20(27)25-15-8-6-14(7-9-15)23-18(26)11-16-12-28-19(24-16)17-5-3-4-10-21-17/h3-10,12-13H,11H2,1-2H3,(H,23,26)(H2,22,25,27). The number of pyridine rings is 1. The predicted octanol–water partition coefficient (Wildman–Crippen LogP) is 3.92. The molecule has 2 heterocycles. The van der Waals surface area contributed by atoms with Gasteiger partial charge in [0.05, 0.1) is 17.8 Å². The van der Waals surface area contributed by atoms with Crippen LogP contribution in [0.15, 0.2) is 54.0 Å². The van der Waals surface area contributed by atoms with Gasteiger partial charge in [-0.25, -0.2) is 9.78 Å². The van der Waals surface area contributed by atoms with Crippen molar-refractivity contribution in [1.82, 2.24) is 15.3 Å². The van der Waals surface area contributed by atoms with E-state index >= 15 is 0 Å². The monoisotopic (exact) mass is 395 g/mol. The maximum absolute atomic E-state index is 12.3. The Labute approximate surface area is 167 Å². The van der Waals surface area contributed by atoms with E-state index in [4.69, 9.17) is 0 Å². The number of hydrogen-bond donors (Lipinski definition) is 3. The second-order valence-electron chi connectivity index (χ2n) is 6.41. The topological polar surface area (TPSA) is 96.0 Å². The van der Waals surface area contributed by atoms with Crippen LogP contribution >= 0.6 is 11.3 Å². The first-order chi connectivity index (χ1) is 13.5. The Balaban J connectivity index is 1.54. The molecule has 0 spiro atoms. The molecule has 0 fully saturated rings. The van der Waals surface area contributed by atoms with E-state index in [-0.39, 0.29) is 24.4 Å². The Morgan fingerprint density at radius 1 is 1.04 bits per heavy atom. The van der Waals surface area contributed by atoms with Gasteiger partial charge in [-0.3, -0.25) is 9.78 Å². The van der Waals surface area contributed by atoms with E-state index in [1.807, 2.05) is 37.4 Å². The molecule has 3 amide bonds. The Morgan fingerprint density at radius 2 is 1.75 bits per heavy atom. The lowest BCUT2D eigenvalue weighted by molar-refractivity contribution is -0.115. The molecule has 0 unspecified atom stereocenters. The van der Waals surface area contributed by atoms with Crippen molar-refractivity contribution in [2.24, 2.45) is 0 Å². The van der Waals surface area contributed by atoms with Crippen LogP contribution in [-0.2, 0) is 11.2 Å². The number of thiazole rings is 1. The molecule has 144 valence electrons. The van der Waals surface area contributed by atoms with Crippen molar-refractivity contribution >= 4 is 34.6 Å². The number of rotatable bonds is 6. The molecule has 0 saturated heterocycles. The van der Waals surface area contributed by atoms with Crippen molar-refractivity contribution < 1.29 is 9.59 Å². The molecule has 0 saturated carbocycles. The van der Waals surface area contributed by atoms with Gasteiger partial charge in [-0.1, -0.05) is 6.07 Å². The average Bonchev–Trinajstić information content (AvgIpc) is 3.12. The van der Waals surface area contributed by atoms with E-state index in [9.17, 15) is 9.59 Å². The Hall–Kier alpha value is -3.26. The molecule has 28 heavy (non-hydrogen) atoms. The third-order valence-electron chi connectivity index (χ3n) is 3.62. The zero-order valence-corrected chi connectivity index (χ0v) is 16.4. The highest BCUT2D eigenvalue weighted by atomic mass is 32.1. The summed E-state index contributed by atoms with van der Waals surface area (Å²) in [5.41, 5.74) is 2.80. The first-order valence-electron chi connectivity index (χ1n) is 8.83. The molecule has 3 aromatic rings. The van der Waals surface area contributed by atoms with Crippen LogP contribution in [0.2, 0.25) is 0 Å². The SMILES string of the molecule is CC(C)NC(=O)Nc1ccc(NC(=O)Cc2csc(-c3ccccn3)n2)cc1. The molecular weight excluding hydrogens is 374 g/mol. The van der Waals surface area contributed by atoms with Gasteiger partial charge in [-0.2, -0.15) is 0 Å². The number of hydrogen-bond acceptors (Lipinski definition) is 5. The lowest BCUT2D eigenvalue weighted by atomic mass is 10.2. The molecule has 1 aromatic carbocycles. The van der Waals surface area contributed by atoms with E-state index in [0.717, 1.165) is 10.7 Å². The summed E-state index contributed by atoms with van der Waals surface area (Å²) in [7, 11) is 0. The largest absolute Gasteiger partial charge is 0.336 e. The normalized spacial score (nSPS) is 10.5. The summed E-state index contributed by atoms with van der Waals surface area (Å²) in [6, 6.07) is 12.4. The number of nitrogens with one attached hydrogen (secondary N) is 3. The minimum absolute atomic E-state index is 0.0578. The molecular formula is C20H21N5O2S. The highest BCUT2D eigenvalue weighted by Crippen LogP contribution is 2.22. The highest BCUT2D eigenvalue weighted by Gasteiger charge is 2.10. The molecule has 7 nitrogen and oxygen atoms in total. The van der Waals surface area contributed by atoms with Crippen LogP contribution in [0.1, 0.15) is 19.5 Å². The lowest BCUT2D eigenvalue weighted by Crippen LogP contribution is -2.34. The summed E-state index contributed by atoms with van der Waals surface area (Å²) in [6.07, 6.45) is 1.90. The molecule has 0 aliphatic heterocycles. The Kier molecular flexibility index (Phi) is 6.33. The van der Waals surface area contributed by atoms with Gasteiger partial charge in [0.2, 0.25) is 5.91 Å². The summed E-state index contributed by atoms with van der Waals surface area (Å²) < 4.78 is 0. The van der Waals surface area contributed by atoms with Gasteiger partial charge in [0.1, 0.15) is 5.01 Å². The van der Waals surface area contributed by atoms with Gasteiger partial charge in [-0.15, -0.1) is 11.3 Å². The Bertz CT molecular complexity index is 939. The molecule has 8 heteroatoms. The molecule has 2 aromatic heterocycles. The first-order valence-corrected chi connectivity index (χ1v) is 9.71. The predicted molar refractivity (Wildman–Crippen MR) is 111 cm³/mol. The van der Waals surface area contributed by atoms with E-state index < -0.39 is 0 Å². The molecule has 0 bridgehead atoms. The molecule has 3 N–H and O–H groups in total. The second-order valence-corrected chi connectivity index (χ2v) is 7.27. The molecule has 0 atom stereocenters. The van der Waals surface area contributed by atoms with Gasteiger partial charge < -0.3 is 16.0 Å². The van der Waals surface area contributed by atoms with Crippen molar-refractivity contribution in [2.45, 2.75) is 26.3 Å². The highest BCUT2D eigenvalue weighted by molar-refractivity contribution is 7.13. The van der Waals surface area contributed by atoms with Gasteiger partial charge in [-0.05, 0) is 50.2 Å². The molecule has 0 aliphatic rings. The first kappa shape index (κ1) is 19.5. The second kappa shape index (κ2) is 9.09. The van der Waals surface area contributed by atoms with Crippen molar-refractivity contribution in [2.75, 3.05) is 10.6 Å². The molecule has 0 aliphatic carbocycles. The average molecular weight is 395 g/mol. The maximum atomic E-state index is 12.3. The summed E-state index contributed by atoms with van der Waals surface area (Å²) in [4.78, 5) is 32.7. The fraction of sp³-hybridized carbons (Fsp3) is 0.200. The minimum atomic E-state index is -0.265. The number of carbonyl (C=O) groups is 2. The lowest BCUT2D eigenvalue weighted by Gasteiger charge is -2.10. The van der Waals surface area contributed by atoms with Crippen molar-refractivity contribution in [3.05, 3.63) is 59.7 Å².